The van der Waals surface area contributed by atoms with Crippen molar-refractivity contribution >= 4 is 16.8 Å². The van der Waals surface area contributed by atoms with E-state index >= 15 is 0 Å². The summed E-state index contributed by atoms with van der Waals surface area (Å²) in [7, 11) is 8.32. The van der Waals surface area contributed by atoms with Crippen molar-refractivity contribution in [2.75, 3.05) is 33.1 Å². The van der Waals surface area contributed by atoms with Crippen LogP contribution in [0.1, 0.15) is 50.2 Å². The molecule has 0 heterocycles. The number of hydrogen-bond donors (Lipinski definition) is 1. The average Bonchev–Trinajstić information content (AvgIpc) is 2.71. The number of benzene rings is 2. The minimum Gasteiger partial charge on any atom is -0.378 e. The average molecular weight is 429 g/mol. The summed E-state index contributed by atoms with van der Waals surface area (Å²) in [6.45, 7) is 4.24. The van der Waals surface area contributed by atoms with Crippen LogP contribution in [0, 0.1) is 5.41 Å². The van der Waals surface area contributed by atoms with E-state index < -0.39 is 15.8 Å². The molecule has 0 radical (unpaired) electrons. The zero-order chi connectivity index (χ0) is 22.1. The second-order valence-electron chi connectivity index (χ2n) is 9.59. The Morgan fingerprint density at radius 2 is 1.53 bits per heavy atom. The fourth-order valence-electron chi connectivity index (χ4n) is 5.22. The Bertz CT molecular complexity index is 868. The minimum atomic E-state index is -1.92. The molecule has 1 N–H and O–H groups in total. The highest BCUT2D eigenvalue weighted by Crippen LogP contribution is 2.57. The zero-order valence-electron chi connectivity index (χ0n) is 19.1. The first-order valence-electron chi connectivity index (χ1n) is 10.7. The van der Waals surface area contributed by atoms with Gasteiger partial charge in [-0.1, -0.05) is 49.4 Å². The largest absolute Gasteiger partial charge is 0.378 e. The molecule has 0 aliphatic heterocycles. The van der Waals surface area contributed by atoms with Gasteiger partial charge in [-0.15, -0.1) is 0 Å². The van der Waals surface area contributed by atoms with Crippen LogP contribution in [-0.4, -0.2) is 52.6 Å². The molecule has 1 aliphatic carbocycles. The van der Waals surface area contributed by atoms with Crippen molar-refractivity contribution in [2.45, 2.75) is 49.8 Å². The molecule has 3 rings (SSSR count). The van der Waals surface area contributed by atoms with E-state index in [0.29, 0.717) is 6.04 Å². The monoisotopic (exact) mass is 428 g/mol. The van der Waals surface area contributed by atoms with Gasteiger partial charge in [0.2, 0.25) is 0 Å². The molecule has 1 fully saturated rings. The molecule has 5 heteroatoms. The van der Waals surface area contributed by atoms with Crippen molar-refractivity contribution in [3.63, 3.8) is 0 Å². The summed E-state index contributed by atoms with van der Waals surface area (Å²) in [6, 6.07) is 19.6. The van der Waals surface area contributed by atoms with Gasteiger partial charge in [0.25, 0.3) is 0 Å². The van der Waals surface area contributed by atoms with Gasteiger partial charge in [-0.05, 0) is 69.0 Å². The summed E-state index contributed by atoms with van der Waals surface area (Å²) in [6.07, 6.45) is 2.54. The van der Waals surface area contributed by atoms with Crippen LogP contribution in [0.4, 0.5) is 5.69 Å². The number of hydrogen-bond acceptors (Lipinski definition) is 3. The van der Waals surface area contributed by atoms with Crippen LogP contribution in [0.25, 0.3) is 0 Å². The van der Waals surface area contributed by atoms with Gasteiger partial charge in [0.05, 0.1) is 4.75 Å². The summed E-state index contributed by atoms with van der Waals surface area (Å²) in [4.78, 5) is 4.37. The van der Waals surface area contributed by atoms with Gasteiger partial charge in [-0.3, -0.25) is 0 Å². The molecule has 5 unspecified atom stereocenters. The van der Waals surface area contributed by atoms with Crippen molar-refractivity contribution in [1.82, 2.24) is 4.90 Å². The summed E-state index contributed by atoms with van der Waals surface area (Å²) < 4.78 is 22.6. The Morgan fingerprint density at radius 1 is 0.967 bits per heavy atom. The fraction of sp³-hybridized carbons (Fsp3) is 0.520. The van der Waals surface area contributed by atoms with Gasteiger partial charge in [0.1, 0.15) is 0 Å². The van der Waals surface area contributed by atoms with E-state index in [1.54, 1.807) is 0 Å². The van der Waals surface area contributed by atoms with E-state index in [4.69, 9.17) is 0 Å². The van der Waals surface area contributed by atoms with Gasteiger partial charge in [-0.25, -0.2) is 4.21 Å². The Morgan fingerprint density at radius 3 is 2.03 bits per heavy atom. The van der Waals surface area contributed by atoms with Crippen LogP contribution in [0.15, 0.2) is 54.6 Å². The van der Waals surface area contributed by atoms with Crippen LogP contribution in [-0.2, 0) is 11.1 Å². The summed E-state index contributed by atoms with van der Waals surface area (Å²) in [5, 5.41) is 0. The first kappa shape index (κ1) is 23.0. The van der Waals surface area contributed by atoms with Gasteiger partial charge < -0.3 is 14.4 Å². The zero-order valence-corrected chi connectivity index (χ0v) is 19.9. The Kier molecular flexibility index (Phi) is 6.75. The molecule has 30 heavy (non-hydrogen) atoms. The number of rotatable bonds is 6. The highest BCUT2D eigenvalue weighted by Gasteiger charge is 2.57. The van der Waals surface area contributed by atoms with Crippen molar-refractivity contribution in [1.29, 1.82) is 0 Å². The minimum absolute atomic E-state index is 0.0266. The van der Waals surface area contributed by atoms with Crippen molar-refractivity contribution in [3.05, 3.63) is 65.7 Å². The lowest BCUT2D eigenvalue weighted by Gasteiger charge is -2.55. The quantitative estimate of drug-likeness (QED) is 0.659. The summed E-state index contributed by atoms with van der Waals surface area (Å²) in [5.41, 5.74) is 3.17. The molecule has 0 amide bonds. The lowest BCUT2D eigenvalue weighted by Crippen LogP contribution is -2.57. The maximum Gasteiger partial charge on any atom is 0.159 e. The molecule has 0 spiro atoms. The second kappa shape index (κ2) is 8.81. The predicted octanol–water partition coefficient (Wildman–Crippen LogP) is 4.99. The third kappa shape index (κ3) is 4.08. The van der Waals surface area contributed by atoms with E-state index in [0.717, 1.165) is 24.9 Å². The predicted molar refractivity (Wildman–Crippen MR) is 128 cm³/mol. The number of nitrogens with zero attached hydrogens (tertiary/aromatic N) is 2. The Labute approximate surface area is 184 Å². The van der Waals surface area contributed by atoms with Gasteiger partial charge in [-0.2, -0.15) is 0 Å². The van der Waals surface area contributed by atoms with Crippen molar-refractivity contribution in [3.8, 4) is 0 Å². The van der Waals surface area contributed by atoms with Crippen LogP contribution >= 0.6 is 0 Å². The third-order valence-corrected chi connectivity index (χ3v) is 8.89. The Hall–Kier alpha value is -1.69. The molecule has 2 aromatic rings. The van der Waals surface area contributed by atoms with E-state index in [9.17, 15) is 8.76 Å². The normalized spacial score (nSPS) is 28.9. The first-order valence-corrected chi connectivity index (χ1v) is 11.8. The van der Waals surface area contributed by atoms with Crippen LogP contribution in [0.5, 0.6) is 0 Å². The highest BCUT2D eigenvalue weighted by molar-refractivity contribution is 7.80. The van der Waals surface area contributed by atoms with Crippen LogP contribution in [0.2, 0.25) is 0 Å². The SMILES string of the molecule is CN(C)c1ccc(C(c2ccccc2)C2(C)CC(N(C)C)CCC2(C)S(=O)O)cc1. The molecule has 0 aromatic heterocycles. The van der Waals surface area contributed by atoms with Crippen molar-refractivity contribution in [2.24, 2.45) is 5.41 Å². The summed E-state index contributed by atoms with van der Waals surface area (Å²) >= 11 is -1.92. The number of anilines is 1. The lowest BCUT2D eigenvalue weighted by molar-refractivity contribution is 0.0649. The van der Waals surface area contributed by atoms with Gasteiger partial charge >= 0.3 is 0 Å². The van der Waals surface area contributed by atoms with E-state index in [2.05, 4.69) is 79.3 Å². The van der Waals surface area contributed by atoms with Gasteiger partial charge in [0, 0.05) is 31.7 Å². The standard InChI is InChI=1S/C25H36N2O2S/c1-24(18-22(27(5)6)16-17-25(24,2)30(28)29)23(19-10-8-7-9-11-19)20-12-14-21(15-13-20)26(3)4/h7-15,22-23H,16-18H2,1-6H3,(H,28,29). The Balaban J connectivity index is 2.20. The molecule has 4 nitrogen and oxygen atoms in total. The molecule has 0 saturated heterocycles. The maximum atomic E-state index is 12.8. The molecule has 2 aromatic carbocycles. The first-order chi connectivity index (χ1) is 14.1. The van der Waals surface area contributed by atoms with E-state index in [1.165, 1.54) is 11.1 Å². The highest BCUT2D eigenvalue weighted by atomic mass is 32.2. The molecule has 0 bridgehead atoms. The topological polar surface area (TPSA) is 43.8 Å². The lowest BCUT2D eigenvalue weighted by atomic mass is 9.56. The van der Waals surface area contributed by atoms with E-state index in [-0.39, 0.29) is 11.3 Å². The van der Waals surface area contributed by atoms with Crippen LogP contribution < -0.4 is 4.90 Å². The molecule has 1 saturated carbocycles. The molecular weight excluding hydrogens is 392 g/mol. The fourth-order valence-corrected chi connectivity index (χ4v) is 6.12. The van der Waals surface area contributed by atoms with Crippen LogP contribution in [0.3, 0.4) is 0 Å². The smallest absolute Gasteiger partial charge is 0.159 e. The van der Waals surface area contributed by atoms with Crippen molar-refractivity contribution < 1.29 is 8.76 Å². The third-order valence-electron chi connectivity index (χ3n) is 7.45. The maximum absolute atomic E-state index is 12.8. The van der Waals surface area contributed by atoms with Gasteiger partial charge in [0.15, 0.2) is 11.1 Å². The molecule has 1 aliphatic rings. The second-order valence-corrected chi connectivity index (χ2v) is 11.0. The molecular formula is C25H36N2O2S. The molecule has 5 atom stereocenters. The molecule has 164 valence electrons. The summed E-state index contributed by atoms with van der Waals surface area (Å²) in [5.74, 6) is 0.0266. The van der Waals surface area contributed by atoms with E-state index in [1.807, 2.05) is 27.1 Å².